The van der Waals surface area contributed by atoms with E-state index in [1.807, 2.05) is 24.4 Å². The van der Waals surface area contributed by atoms with Crippen LogP contribution in [0.25, 0.3) is 0 Å². The largest absolute Gasteiger partial charge is 0.353 e. The Kier molecular flexibility index (Phi) is 6.27. The molecule has 0 bridgehead atoms. The van der Waals surface area contributed by atoms with Gasteiger partial charge in [0.25, 0.3) is 5.91 Å². The Bertz CT molecular complexity index is 833. The maximum Gasteiger partial charge on any atom is 0.289 e. The van der Waals surface area contributed by atoms with Crippen LogP contribution < -0.4 is 16.0 Å². The molecule has 1 aliphatic carbocycles. The first-order valence-corrected chi connectivity index (χ1v) is 9.30. The molecular weight excluding hydrogens is 356 g/mol. The highest BCUT2D eigenvalue weighted by Gasteiger charge is 2.37. The molecule has 8 nitrogen and oxygen atoms in total. The average molecular weight is 380 g/mol. The second-order valence-electron chi connectivity index (χ2n) is 6.93. The normalized spacial score (nSPS) is 22.1. The van der Waals surface area contributed by atoms with Crippen LogP contribution in [-0.4, -0.2) is 36.7 Å². The number of aromatic nitrogens is 1. The molecule has 1 fully saturated rings. The summed E-state index contributed by atoms with van der Waals surface area (Å²) in [6.07, 6.45) is 6.95. The van der Waals surface area contributed by atoms with Gasteiger partial charge in [-0.3, -0.25) is 15.1 Å². The Balaban J connectivity index is 1.69. The van der Waals surface area contributed by atoms with Crippen molar-refractivity contribution in [2.45, 2.75) is 37.1 Å². The van der Waals surface area contributed by atoms with Gasteiger partial charge >= 0.3 is 0 Å². The minimum Gasteiger partial charge on any atom is -0.353 e. The van der Waals surface area contributed by atoms with Crippen LogP contribution in [0.3, 0.4) is 0 Å². The molecule has 28 heavy (non-hydrogen) atoms. The monoisotopic (exact) mass is 380 g/mol. The van der Waals surface area contributed by atoms with E-state index in [0.29, 0.717) is 12.5 Å². The number of benzene rings is 1. The first-order valence-electron chi connectivity index (χ1n) is 9.30. The highest BCUT2D eigenvalue weighted by atomic mass is 16.5. The number of hydrogen-bond donors (Lipinski definition) is 3. The van der Waals surface area contributed by atoms with Crippen molar-refractivity contribution in [3.63, 3.8) is 0 Å². The molecule has 8 heteroatoms. The van der Waals surface area contributed by atoms with Crippen molar-refractivity contribution in [1.29, 1.82) is 5.26 Å². The molecule has 1 aromatic heterocycles. The van der Waals surface area contributed by atoms with Gasteiger partial charge in [-0.15, -0.1) is 0 Å². The Hall–Kier alpha value is -3.34. The van der Waals surface area contributed by atoms with Crippen molar-refractivity contribution < 1.29 is 9.32 Å². The Labute approximate surface area is 164 Å². The Morgan fingerprint density at radius 2 is 2.07 bits per heavy atom. The molecule has 0 spiro atoms. The van der Waals surface area contributed by atoms with Gasteiger partial charge in [-0.1, -0.05) is 35.5 Å². The van der Waals surface area contributed by atoms with Crippen molar-refractivity contribution in [2.24, 2.45) is 4.99 Å². The van der Waals surface area contributed by atoms with Crippen LogP contribution in [0.1, 0.15) is 41.8 Å². The number of rotatable bonds is 5. The number of nitriles is 1. The standard InChI is InChI=1S/C20H24N6O2/c1-22-19(24-14-21)26-16-7-10-20(11-8-16,15-5-3-2-4-6-15)13-23-18(27)17-9-12-25-28-17/h2-6,9,12,16H,7-8,10-11,13H2,1H3,(H,23,27)(H2,22,24,26). The fraction of sp³-hybridized carbons (Fsp3) is 0.400. The predicted octanol–water partition coefficient (Wildman–Crippen LogP) is 1.93. The maximum atomic E-state index is 12.3. The molecular formula is C20H24N6O2. The van der Waals surface area contributed by atoms with Gasteiger partial charge in [0.15, 0.2) is 6.19 Å². The van der Waals surface area contributed by atoms with Crippen molar-refractivity contribution in [3.05, 3.63) is 53.9 Å². The molecule has 0 atom stereocenters. The molecule has 1 aromatic carbocycles. The molecule has 3 rings (SSSR count). The van der Waals surface area contributed by atoms with Crippen LogP contribution in [0.4, 0.5) is 0 Å². The summed E-state index contributed by atoms with van der Waals surface area (Å²) in [4.78, 5) is 16.4. The highest BCUT2D eigenvalue weighted by molar-refractivity contribution is 5.91. The first-order chi connectivity index (χ1) is 13.7. The Morgan fingerprint density at radius 3 is 2.68 bits per heavy atom. The van der Waals surface area contributed by atoms with E-state index in [-0.39, 0.29) is 23.1 Å². The van der Waals surface area contributed by atoms with Gasteiger partial charge in [-0.2, -0.15) is 5.26 Å². The number of guanidine groups is 1. The van der Waals surface area contributed by atoms with E-state index < -0.39 is 0 Å². The topological polar surface area (TPSA) is 115 Å². The SMILES string of the molecule is CN=C(NC#N)NC1CCC(CNC(=O)c2ccno2)(c2ccccc2)CC1. The van der Waals surface area contributed by atoms with Crippen molar-refractivity contribution in [2.75, 3.05) is 13.6 Å². The summed E-state index contributed by atoms with van der Waals surface area (Å²) in [5.41, 5.74) is 1.06. The summed E-state index contributed by atoms with van der Waals surface area (Å²) in [6.45, 7) is 0.522. The van der Waals surface area contributed by atoms with E-state index in [0.717, 1.165) is 25.7 Å². The Morgan fingerprint density at radius 1 is 1.32 bits per heavy atom. The van der Waals surface area contributed by atoms with E-state index in [1.54, 1.807) is 13.1 Å². The summed E-state index contributed by atoms with van der Waals surface area (Å²) in [6, 6.07) is 12.1. The number of amides is 1. The molecule has 146 valence electrons. The fourth-order valence-corrected chi connectivity index (χ4v) is 3.75. The summed E-state index contributed by atoms with van der Waals surface area (Å²) >= 11 is 0. The lowest BCUT2D eigenvalue weighted by atomic mass is 9.68. The van der Waals surface area contributed by atoms with Gasteiger partial charge in [0.1, 0.15) is 0 Å². The van der Waals surface area contributed by atoms with E-state index in [4.69, 9.17) is 9.78 Å². The lowest BCUT2D eigenvalue weighted by molar-refractivity contribution is 0.0898. The van der Waals surface area contributed by atoms with Crippen LogP contribution in [0.15, 0.2) is 52.1 Å². The molecule has 3 N–H and O–H groups in total. The number of hydrogen-bond acceptors (Lipinski definition) is 5. The van der Waals surface area contributed by atoms with Crippen molar-refractivity contribution >= 4 is 11.9 Å². The zero-order valence-corrected chi connectivity index (χ0v) is 15.8. The van der Waals surface area contributed by atoms with E-state index in [9.17, 15) is 4.79 Å². The summed E-state index contributed by atoms with van der Waals surface area (Å²) in [7, 11) is 1.64. The van der Waals surface area contributed by atoms with Crippen LogP contribution in [0, 0.1) is 11.5 Å². The number of aliphatic imine (C=N–C) groups is 1. The van der Waals surface area contributed by atoms with Crippen LogP contribution in [0.5, 0.6) is 0 Å². The smallest absolute Gasteiger partial charge is 0.289 e. The van der Waals surface area contributed by atoms with Gasteiger partial charge in [0, 0.05) is 31.1 Å². The molecule has 1 saturated carbocycles. The van der Waals surface area contributed by atoms with Gasteiger partial charge in [-0.25, -0.2) is 0 Å². The third-order valence-corrected chi connectivity index (χ3v) is 5.32. The van der Waals surface area contributed by atoms with Crippen molar-refractivity contribution in [1.82, 2.24) is 21.1 Å². The lowest BCUT2D eigenvalue weighted by Crippen LogP contribution is -2.49. The number of nitrogens with one attached hydrogen (secondary N) is 3. The van der Waals surface area contributed by atoms with Gasteiger partial charge in [0.2, 0.25) is 11.7 Å². The second-order valence-corrected chi connectivity index (χ2v) is 6.93. The number of carbonyl (C=O) groups is 1. The van der Waals surface area contributed by atoms with Gasteiger partial charge < -0.3 is 15.2 Å². The molecule has 0 radical (unpaired) electrons. The molecule has 1 aliphatic rings. The zero-order chi connectivity index (χ0) is 19.8. The van der Waals surface area contributed by atoms with E-state index in [2.05, 4.69) is 38.2 Å². The van der Waals surface area contributed by atoms with Gasteiger partial charge in [0.05, 0.1) is 6.20 Å². The molecule has 0 unspecified atom stereocenters. The maximum absolute atomic E-state index is 12.3. The lowest BCUT2D eigenvalue weighted by Gasteiger charge is -2.41. The van der Waals surface area contributed by atoms with Crippen LogP contribution in [0.2, 0.25) is 0 Å². The summed E-state index contributed by atoms with van der Waals surface area (Å²) < 4.78 is 4.95. The minimum absolute atomic E-state index is 0.151. The molecule has 0 saturated heterocycles. The molecule has 1 heterocycles. The minimum atomic E-state index is -0.258. The van der Waals surface area contributed by atoms with Crippen LogP contribution >= 0.6 is 0 Å². The third kappa shape index (κ3) is 4.49. The zero-order valence-electron chi connectivity index (χ0n) is 15.8. The van der Waals surface area contributed by atoms with Crippen molar-refractivity contribution in [3.8, 4) is 6.19 Å². The van der Waals surface area contributed by atoms with Crippen LogP contribution in [-0.2, 0) is 5.41 Å². The third-order valence-electron chi connectivity index (χ3n) is 5.32. The summed E-state index contributed by atoms with van der Waals surface area (Å²) in [5, 5.41) is 21.2. The molecule has 1 amide bonds. The first kappa shape index (κ1) is 19.4. The average Bonchev–Trinajstić information content (AvgIpc) is 3.28. The van der Waals surface area contributed by atoms with Gasteiger partial charge in [-0.05, 0) is 31.2 Å². The predicted molar refractivity (Wildman–Crippen MR) is 104 cm³/mol. The summed E-state index contributed by atoms with van der Waals surface area (Å²) in [5.74, 6) is 0.440. The highest BCUT2D eigenvalue weighted by Crippen LogP contribution is 2.39. The molecule has 2 aromatic rings. The fourth-order valence-electron chi connectivity index (χ4n) is 3.75. The number of nitrogens with zero attached hydrogens (tertiary/aromatic N) is 3. The van der Waals surface area contributed by atoms with E-state index in [1.165, 1.54) is 11.8 Å². The quantitative estimate of drug-likeness (QED) is 0.316. The second kappa shape index (κ2) is 9.04. The molecule has 0 aliphatic heterocycles. The van der Waals surface area contributed by atoms with E-state index >= 15 is 0 Å². The number of carbonyl (C=O) groups excluding carboxylic acids is 1.